The number of carbonyl (C=O) groups is 2. The Morgan fingerprint density at radius 2 is 1.58 bits per heavy atom. The van der Waals surface area contributed by atoms with Crippen LogP contribution in [0, 0.1) is 0 Å². The van der Waals surface area contributed by atoms with Crippen LogP contribution in [0.25, 0.3) is 0 Å². The highest BCUT2D eigenvalue weighted by atomic mass is 16.5. The lowest BCUT2D eigenvalue weighted by Crippen LogP contribution is -2.22. The third kappa shape index (κ3) is 6.89. The van der Waals surface area contributed by atoms with Crippen molar-refractivity contribution in [2.24, 2.45) is 0 Å². The van der Waals surface area contributed by atoms with E-state index in [0.717, 1.165) is 24.3 Å². The summed E-state index contributed by atoms with van der Waals surface area (Å²) in [6.07, 6.45) is 1.86. The van der Waals surface area contributed by atoms with Gasteiger partial charge in [0.25, 0.3) is 5.91 Å². The first-order valence-electron chi connectivity index (χ1n) is 10.3. The first-order valence-corrected chi connectivity index (χ1v) is 10.3. The summed E-state index contributed by atoms with van der Waals surface area (Å²) in [7, 11) is 1.58. The summed E-state index contributed by atoms with van der Waals surface area (Å²) >= 11 is 0. The fourth-order valence-electron chi connectivity index (χ4n) is 3.07. The fourth-order valence-corrected chi connectivity index (χ4v) is 3.07. The predicted octanol–water partition coefficient (Wildman–Crippen LogP) is 4.11. The van der Waals surface area contributed by atoms with Crippen LogP contribution >= 0.6 is 0 Å². The van der Waals surface area contributed by atoms with E-state index in [4.69, 9.17) is 4.74 Å². The summed E-state index contributed by atoms with van der Waals surface area (Å²) in [5, 5.41) is 8.51. The molecule has 6 nitrogen and oxygen atoms in total. The van der Waals surface area contributed by atoms with E-state index in [9.17, 15) is 9.59 Å². The van der Waals surface area contributed by atoms with Crippen molar-refractivity contribution in [3.63, 3.8) is 0 Å². The highest BCUT2D eigenvalue weighted by Gasteiger charge is 2.08. The molecule has 3 N–H and O–H groups in total. The Morgan fingerprint density at radius 1 is 0.871 bits per heavy atom. The number of aryl methyl sites for hydroxylation is 1. The van der Waals surface area contributed by atoms with E-state index in [1.54, 1.807) is 31.3 Å². The quantitative estimate of drug-likeness (QED) is 0.434. The van der Waals surface area contributed by atoms with Crippen LogP contribution in [0.4, 0.5) is 11.4 Å². The van der Waals surface area contributed by atoms with E-state index in [-0.39, 0.29) is 18.4 Å². The first kappa shape index (κ1) is 21.9. The zero-order valence-corrected chi connectivity index (χ0v) is 17.6. The lowest BCUT2D eigenvalue weighted by molar-refractivity contribution is -0.114. The largest absolute Gasteiger partial charge is 0.491 e. The molecule has 0 aliphatic heterocycles. The summed E-state index contributed by atoms with van der Waals surface area (Å²) in [5.41, 5.74) is 3.23. The number of anilines is 2. The number of carbonyl (C=O) groups excluding carboxylic acids is 2. The second kappa shape index (κ2) is 11.4. The van der Waals surface area contributed by atoms with Crippen LogP contribution in [-0.2, 0) is 11.2 Å². The van der Waals surface area contributed by atoms with Gasteiger partial charge in [0.1, 0.15) is 5.75 Å². The summed E-state index contributed by atoms with van der Waals surface area (Å²) in [6, 6.07) is 24.6. The molecule has 6 heteroatoms. The molecule has 0 bridgehead atoms. The maximum atomic E-state index is 12.3. The molecule has 0 heterocycles. The topological polar surface area (TPSA) is 79.5 Å². The Kier molecular flexibility index (Phi) is 8.05. The third-order valence-corrected chi connectivity index (χ3v) is 4.69. The molecule has 3 aromatic carbocycles. The minimum atomic E-state index is -0.188. The van der Waals surface area contributed by atoms with Crippen molar-refractivity contribution in [3.05, 3.63) is 90.0 Å². The van der Waals surface area contributed by atoms with Crippen LogP contribution in [-0.4, -0.2) is 32.0 Å². The minimum Gasteiger partial charge on any atom is -0.491 e. The number of rotatable bonds is 10. The summed E-state index contributed by atoms with van der Waals surface area (Å²) < 4.78 is 5.92. The van der Waals surface area contributed by atoms with Gasteiger partial charge in [0.2, 0.25) is 5.91 Å². The maximum Gasteiger partial charge on any atom is 0.251 e. The van der Waals surface area contributed by atoms with Gasteiger partial charge in [-0.2, -0.15) is 0 Å². The number of amides is 2. The van der Waals surface area contributed by atoms with Gasteiger partial charge in [0.15, 0.2) is 0 Å². The molecule has 0 fully saturated rings. The minimum absolute atomic E-state index is 0.0988. The lowest BCUT2D eigenvalue weighted by atomic mass is 10.1. The first-order chi connectivity index (χ1) is 15.2. The van der Waals surface area contributed by atoms with Crippen LogP contribution in [0.15, 0.2) is 78.9 Å². The van der Waals surface area contributed by atoms with Gasteiger partial charge < -0.3 is 20.7 Å². The molecule has 31 heavy (non-hydrogen) atoms. The number of hydrogen-bond acceptors (Lipinski definition) is 4. The molecule has 0 saturated heterocycles. The van der Waals surface area contributed by atoms with Crippen molar-refractivity contribution >= 4 is 23.2 Å². The summed E-state index contributed by atoms with van der Waals surface area (Å²) in [5.74, 6) is 0.366. The van der Waals surface area contributed by atoms with E-state index in [0.29, 0.717) is 17.9 Å². The molecule has 3 aromatic rings. The van der Waals surface area contributed by atoms with Crippen LogP contribution in [0.5, 0.6) is 5.75 Å². The fraction of sp³-hybridized carbons (Fsp3) is 0.200. The molecule has 2 amide bonds. The van der Waals surface area contributed by atoms with E-state index >= 15 is 0 Å². The zero-order chi connectivity index (χ0) is 21.9. The molecule has 0 saturated carbocycles. The van der Waals surface area contributed by atoms with Crippen LogP contribution in [0.1, 0.15) is 22.3 Å². The van der Waals surface area contributed by atoms with Crippen molar-refractivity contribution in [2.45, 2.75) is 12.8 Å². The molecule has 0 radical (unpaired) electrons. The van der Waals surface area contributed by atoms with E-state index in [1.165, 1.54) is 5.56 Å². The standard InChI is InChI=1S/C25H27N3O3/c1-26-25(30)20-13-15-21(16-14-20)28-24(29)18-27-22-11-5-6-12-23(22)31-17-7-10-19-8-3-2-4-9-19/h2-6,8-9,11-16,27H,7,10,17-18H2,1H3,(H,26,30)(H,28,29). The highest BCUT2D eigenvalue weighted by molar-refractivity contribution is 5.96. The zero-order valence-electron chi connectivity index (χ0n) is 17.6. The van der Waals surface area contributed by atoms with Gasteiger partial charge in [-0.05, 0) is 54.8 Å². The van der Waals surface area contributed by atoms with Crippen LogP contribution in [0.2, 0.25) is 0 Å². The van der Waals surface area contributed by atoms with Gasteiger partial charge in [-0.3, -0.25) is 9.59 Å². The van der Waals surface area contributed by atoms with Gasteiger partial charge >= 0.3 is 0 Å². The van der Waals surface area contributed by atoms with Gasteiger partial charge in [-0.1, -0.05) is 42.5 Å². The lowest BCUT2D eigenvalue weighted by Gasteiger charge is -2.13. The number of benzene rings is 3. The van der Waals surface area contributed by atoms with E-state index in [2.05, 4.69) is 28.1 Å². The van der Waals surface area contributed by atoms with E-state index < -0.39 is 0 Å². The SMILES string of the molecule is CNC(=O)c1ccc(NC(=O)CNc2ccccc2OCCCc2ccccc2)cc1. The van der Waals surface area contributed by atoms with Crippen molar-refractivity contribution in [1.82, 2.24) is 5.32 Å². The molecule has 0 aromatic heterocycles. The Hall–Kier alpha value is -3.80. The van der Waals surface area contributed by atoms with Crippen LogP contribution < -0.4 is 20.7 Å². The number of para-hydroxylation sites is 2. The Balaban J connectivity index is 1.46. The third-order valence-electron chi connectivity index (χ3n) is 4.69. The van der Waals surface area contributed by atoms with Gasteiger partial charge in [-0.15, -0.1) is 0 Å². The van der Waals surface area contributed by atoms with Crippen molar-refractivity contribution in [2.75, 3.05) is 30.8 Å². The molecule has 160 valence electrons. The maximum absolute atomic E-state index is 12.3. The van der Waals surface area contributed by atoms with Gasteiger partial charge in [-0.25, -0.2) is 0 Å². The number of hydrogen-bond donors (Lipinski definition) is 3. The Bertz CT molecular complexity index is 988. The summed E-state index contributed by atoms with van der Waals surface area (Å²) in [6.45, 7) is 0.694. The van der Waals surface area contributed by atoms with E-state index in [1.807, 2.05) is 42.5 Å². The normalized spacial score (nSPS) is 10.2. The van der Waals surface area contributed by atoms with Crippen molar-refractivity contribution < 1.29 is 14.3 Å². The highest BCUT2D eigenvalue weighted by Crippen LogP contribution is 2.24. The second-order valence-electron chi connectivity index (χ2n) is 6.99. The molecule has 3 rings (SSSR count). The van der Waals surface area contributed by atoms with Crippen molar-refractivity contribution in [1.29, 1.82) is 0 Å². The molecule has 0 unspecified atom stereocenters. The molecule has 0 spiro atoms. The van der Waals surface area contributed by atoms with Gasteiger partial charge in [0.05, 0.1) is 18.8 Å². The Labute approximate surface area is 182 Å². The number of nitrogens with one attached hydrogen (secondary N) is 3. The predicted molar refractivity (Wildman–Crippen MR) is 124 cm³/mol. The average Bonchev–Trinajstić information content (AvgIpc) is 2.82. The molecular formula is C25H27N3O3. The average molecular weight is 418 g/mol. The molecular weight excluding hydrogens is 390 g/mol. The van der Waals surface area contributed by atoms with Crippen molar-refractivity contribution in [3.8, 4) is 5.75 Å². The number of ether oxygens (including phenoxy) is 1. The molecule has 0 atom stereocenters. The molecule has 0 aliphatic rings. The monoisotopic (exact) mass is 417 g/mol. The Morgan fingerprint density at radius 3 is 2.32 bits per heavy atom. The molecule has 0 aliphatic carbocycles. The second-order valence-corrected chi connectivity index (χ2v) is 6.99. The van der Waals surface area contributed by atoms with Gasteiger partial charge in [0, 0.05) is 18.3 Å². The summed E-state index contributed by atoms with van der Waals surface area (Å²) in [4.78, 5) is 23.9. The van der Waals surface area contributed by atoms with Crippen LogP contribution in [0.3, 0.4) is 0 Å². The smallest absolute Gasteiger partial charge is 0.251 e.